The van der Waals surface area contributed by atoms with Crippen LogP contribution in [0.1, 0.15) is 73.6 Å². The molecule has 0 aromatic heterocycles. The van der Waals surface area contributed by atoms with Gasteiger partial charge in [0.05, 0.1) is 0 Å². The molecule has 0 radical (unpaired) electrons. The monoisotopic (exact) mass is 282 g/mol. The van der Waals surface area contributed by atoms with Crippen molar-refractivity contribution < 1.29 is 0 Å². The van der Waals surface area contributed by atoms with Crippen LogP contribution in [-0.2, 0) is 0 Å². The second kappa shape index (κ2) is 7.26. The zero-order valence-electron chi connectivity index (χ0n) is 14.8. The van der Waals surface area contributed by atoms with Crippen LogP contribution in [0.25, 0.3) is 0 Å². The fraction of sp³-hybridized carbons (Fsp3) is 1.00. The zero-order valence-corrected chi connectivity index (χ0v) is 14.8. The fourth-order valence-electron chi connectivity index (χ4n) is 4.31. The van der Waals surface area contributed by atoms with Gasteiger partial charge in [-0.05, 0) is 43.1 Å². The molecule has 0 amide bonds. The Bertz CT molecular complexity index is 283. The summed E-state index contributed by atoms with van der Waals surface area (Å²) in [6.07, 6.45) is 6.46. The number of hydrogen-bond acceptors (Lipinski definition) is 2. The van der Waals surface area contributed by atoms with Gasteiger partial charge in [-0.15, -0.1) is 0 Å². The molecule has 2 N–H and O–H groups in total. The molecule has 1 rings (SSSR count). The highest BCUT2D eigenvalue weighted by Crippen LogP contribution is 2.46. The van der Waals surface area contributed by atoms with E-state index in [1.165, 1.54) is 38.6 Å². The molecule has 20 heavy (non-hydrogen) atoms. The molecule has 2 nitrogen and oxygen atoms in total. The van der Waals surface area contributed by atoms with Gasteiger partial charge in [-0.2, -0.15) is 0 Å². The largest absolute Gasteiger partial charge is 0.329 e. The van der Waals surface area contributed by atoms with Gasteiger partial charge in [0, 0.05) is 18.6 Å². The zero-order chi connectivity index (χ0) is 15.4. The van der Waals surface area contributed by atoms with Crippen LogP contribution < -0.4 is 5.73 Å². The highest BCUT2D eigenvalue weighted by molar-refractivity contribution is 5.02. The average Bonchev–Trinajstić information content (AvgIpc) is 2.41. The van der Waals surface area contributed by atoms with Crippen LogP contribution in [0, 0.1) is 17.3 Å². The quantitative estimate of drug-likeness (QED) is 0.755. The van der Waals surface area contributed by atoms with E-state index in [9.17, 15) is 0 Å². The summed E-state index contributed by atoms with van der Waals surface area (Å²) in [4.78, 5) is 2.73. The van der Waals surface area contributed by atoms with Crippen molar-refractivity contribution in [3.8, 4) is 0 Å². The second-order valence-corrected chi connectivity index (χ2v) is 7.80. The van der Waals surface area contributed by atoms with Gasteiger partial charge < -0.3 is 5.73 Å². The van der Waals surface area contributed by atoms with Crippen LogP contribution in [0.4, 0.5) is 0 Å². The van der Waals surface area contributed by atoms with Gasteiger partial charge in [-0.3, -0.25) is 4.90 Å². The molecule has 1 saturated carbocycles. The van der Waals surface area contributed by atoms with E-state index in [-0.39, 0.29) is 5.54 Å². The van der Waals surface area contributed by atoms with E-state index in [2.05, 4.69) is 46.4 Å². The maximum Gasteiger partial charge on any atom is 0.0357 e. The molecule has 2 atom stereocenters. The van der Waals surface area contributed by atoms with Crippen LogP contribution in [0.15, 0.2) is 0 Å². The summed E-state index contributed by atoms with van der Waals surface area (Å²) in [5.41, 5.74) is 7.05. The minimum atomic E-state index is 0.243. The summed E-state index contributed by atoms with van der Waals surface area (Å²) in [7, 11) is 0. The molecule has 0 bridgehead atoms. The molecule has 1 aliphatic rings. The summed E-state index contributed by atoms with van der Waals surface area (Å²) in [6, 6.07) is 0. The highest BCUT2D eigenvalue weighted by Gasteiger charge is 2.46. The van der Waals surface area contributed by atoms with E-state index < -0.39 is 0 Å². The van der Waals surface area contributed by atoms with Crippen LogP contribution in [0.2, 0.25) is 0 Å². The molecule has 0 aliphatic heterocycles. The van der Waals surface area contributed by atoms with Crippen LogP contribution in [0.3, 0.4) is 0 Å². The minimum Gasteiger partial charge on any atom is -0.329 e. The normalized spacial score (nSPS) is 30.1. The van der Waals surface area contributed by atoms with Gasteiger partial charge in [0.15, 0.2) is 0 Å². The number of hydrogen-bond donors (Lipinski definition) is 1. The molecule has 0 heterocycles. The Morgan fingerprint density at radius 2 is 1.75 bits per heavy atom. The molecular weight excluding hydrogens is 244 g/mol. The first-order chi connectivity index (χ1) is 9.35. The first-order valence-corrected chi connectivity index (χ1v) is 8.80. The fourth-order valence-corrected chi connectivity index (χ4v) is 4.31. The summed E-state index contributed by atoms with van der Waals surface area (Å²) < 4.78 is 0. The first-order valence-electron chi connectivity index (χ1n) is 8.80. The summed E-state index contributed by atoms with van der Waals surface area (Å²) in [6.45, 7) is 17.4. The number of likely N-dealkylation sites (N-methyl/N-ethyl adjacent to an activating group) is 1. The van der Waals surface area contributed by atoms with Crippen LogP contribution >= 0.6 is 0 Å². The molecule has 0 aromatic rings. The SMILES string of the molecule is CCC(CC)CN(CC)C1(CN)CCC(C)(C)CC1C. The lowest BCUT2D eigenvalue weighted by molar-refractivity contribution is -0.0279. The van der Waals surface area contributed by atoms with Gasteiger partial charge in [-0.25, -0.2) is 0 Å². The predicted molar refractivity (Wildman–Crippen MR) is 89.9 cm³/mol. The maximum absolute atomic E-state index is 6.31. The predicted octanol–water partition coefficient (Wildman–Crippen LogP) is 4.29. The molecule has 0 saturated heterocycles. The third kappa shape index (κ3) is 3.76. The van der Waals surface area contributed by atoms with Gasteiger partial charge in [0.2, 0.25) is 0 Å². The smallest absolute Gasteiger partial charge is 0.0357 e. The molecule has 2 unspecified atom stereocenters. The molecule has 120 valence electrons. The van der Waals surface area contributed by atoms with Gasteiger partial charge in [0.1, 0.15) is 0 Å². The maximum atomic E-state index is 6.31. The van der Waals surface area contributed by atoms with Crippen molar-refractivity contribution in [3.05, 3.63) is 0 Å². The Morgan fingerprint density at radius 1 is 1.15 bits per heavy atom. The van der Waals surface area contributed by atoms with E-state index in [4.69, 9.17) is 5.73 Å². The van der Waals surface area contributed by atoms with Crippen molar-refractivity contribution in [1.82, 2.24) is 4.90 Å². The number of nitrogens with two attached hydrogens (primary N) is 1. The van der Waals surface area contributed by atoms with E-state index >= 15 is 0 Å². The standard InChI is InChI=1S/C18H38N2/c1-7-16(8-2)13-20(9-3)18(14-19)11-10-17(5,6)12-15(18)4/h15-16H,7-14,19H2,1-6H3. The lowest BCUT2D eigenvalue weighted by Crippen LogP contribution is -2.61. The Hall–Kier alpha value is -0.0800. The summed E-state index contributed by atoms with van der Waals surface area (Å²) in [5.74, 6) is 1.52. The van der Waals surface area contributed by atoms with E-state index in [1.807, 2.05) is 0 Å². The molecule has 2 heteroatoms. The van der Waals surface area contributed by atoms with Crippen LogP contribution in [-0.4, -0.2) is 30.1 Å². The van der Waals surface area contributed by atoms with Crippen molar-refractivity contribution in [3.63, 3.8) is 0 Å². The van der Waals surface area contributed by atoms with Crippen molar-refractivity contribution in [2.75, 3.05) is 19.6 Å². The topological polar surface area (TPSA) is 29.3 Å². The third-order valence-electron chi connectivity index (χ3n) is 6.01. The Balaban J connectivity index is 2.90. The Morgan fingerprint density at radius 3 is 2.15 bits per heavy atom. The van der Waals surface area contributed by atoms with Gasteiger partial charge >= 0.3 is 0 Å². The average molecular weight is 283 g/mol. The summed E-state index contributed by atoms with van der Waals surface area (Å²) in [5, 5.41) is 0. The lowest BCUT2D eigenvalue weighted by atomic mass is 9.63. The lowest BCUT2D eigenvalue weighted by Gasteiger charge is -2.54. The molecule has 1 fully saturated rings. The first kappa shape index (κ1) is 18.0. The van der Waals surface area contributed by atoms with Crippen molar-refractivity contribution >= 4 is 0 Å². The molecule has 1 aliphatic carbocycles. The molecular formula is C18H38N2. The van der Waals surface area contributed by atoms with Crippen molar-refractivity contribution in [2.24, 2.45) is 23.0 Å². The van der Waals surface area contributed by atoms with Crippen LogP contribution in [0.5, 0.6) is 0 Å². The van der Waals surface area contributed by atoms with Gasteiger partial charge in [0.25, 0.3) is 0 Å². The highest BCUT2D eigenvalue weighted by atomic mass is 15.2. The Kier molecular flexibility index (Phi) is 6.53. The number of nitrogens with zero attached hydrogens (tertiary/aromatic N) is 1. The summed E-state index contributed by atoms with van der Waals surface area (Å²) >= 11 is 0. The van der Waals surface area contributed by atoms with Crippen molar-refractivity contribution in [2.45, 2.75) is 79.2 Å². The molecule has 0 aromatic carbocycles. The van der Waals surface area contributed by atoms with E-state index in [0.29, 0.717) is 11.3 Å². The van der Waals surface area contributed by atoms with E-state index in [0.717, 1.165) is 19.0 Å². The Labute approximate surface area is 127 Å². The van der Waals surface area contributed by atoms with Crippen molar-refractivity contribution in [1.29, 1.82) is 0 Å². The second-order valence-electron chi connectivity index (χ2n) is 7.80. The minimum absolute atomic E-state index is 0.243. The number of rotatable bonds is 7. The molecule has 0 spiro atoms. The van der Waals surface area contributed by atoms with Gasteiger partial charge in [-0.1, -0.05) is 54.4 Å². The van der Waals surface area contributed by atoms with E-state index in [1.54, 1.807) is 0 Å². The third-order valence-corrected chi connectivity index (χ3v) is 6.01.